The molecule has 0 amide bonds. The molecule has 1 aromatic rings. The number of ether oxygens (including phenoxy) is 2. The summed E-state index contributed by atoms with van der Waals surface area (Å²) in [6, 6.07) is 4.12. The molecule has 3 nitrogen and oxygen atoms in total. The summed E-state index contributed by atoms with van der Waals surface area (Å²) < 4.78 is 11.1. The molecule has 0 fully saturated rings. The molecule has 2 rings (SSSR count). The van der Waals surface area contributed by atoms with Crippen molar-refractivity contribution in [3.63, 3.8) is 0 Å². The topological polar surface area (TPSA) is 38.7 Å². The van der Waals surface area contributed by atoms with Gasteiger partial charge in [0.15, 0.2) is 0 Å². The summed E-state index contributed by atoms with van der Waals surface area (Å²) in [7, 11) is 1.69. The van der Waals surface area contributed by atoms with E-state index in [1.165, 1.54) is 5.56 Å². The van der Waals surface area contributed by atoms with Crippen LogP contribution >= 0.6 is 0 Å². The van der Waals surface area contributed by atoms with Gasteiger partial charge in [0.05, 0.1) is 13.2 Å². The van der Waals surface area contributed by atoms with Gasteiger partial charge in [-0.2, -0.15) is 0 Å². The van der Waals surface area contributed by atoms with Crippen LogP contribution in [0.4, 0.5) is 0 Å². The number of hydrogen-bond acceptors (Lipinski definition) is 3. The molecule has 17 heavy (non-hydrogen) atoms. The summed E-state index contributed by atoms with van der Waals surface area (Å²) in [4.78, 5) is 0. The Morgan fingerprint density at radius 3 is 2.94 bits per heavy atom. The molecule has 1 N–H and O–H groups in total. The number of aliphatic hydroxyl groups excluding tert-OH is 1. The van der Waals surface area contributed by atoms with Crippen molar-refractivity contribution in [1.82, 2.24) is 0 Å². The zero-order valence-corrected chi connectivity index (χ0v) is 10.7. The fraction of sp³-hybridized carbons (Fsp3) is 0.571. The van der Waals surface area contributed by atoms with E-state index in [9.17, 15) is 5.11 Å². The fourth-order valence-electron chi connectivity index (χ4n) is 2.23. The van der Waals surface area contributed by atoms with Gasteiger partial charge in [-0.1, -0.05) is 0 Å². The molecule has 1 aliphatic rings. The van der Waals surface area contributed by atoms with Gasteiger partial charge in [-0.05, 0) is 44.4 Å². The molecule has 0 saturated carbocycles. The van der Waals surface area contributed by atoms with Crippen molar-refractivity contribution >= 4 is 0 Å². The van der Waals surface area contributed by atoms with Gasteiger partial charge >= 0.3 is 0 Å². The van der Waals surface area contributed by atoms with E-state index < -0.39 is 0 Å². The van der Waals surface area contributed by atoms with Crippen molar-refractivity contribution in [2.24, 2.45) is 0 Å². The van der Waals surface area contributed by atoms with Crippen LogP contribution in [-0.4, -0.2) is 24.4 Å². The first-order chi connectivity index (χ1) is 8.10. The lowest BCUT2D eigenvalue weighted by Crippen LogP contribution is -2.05. The predicted octanol–water partition coefficient (Wildman–Crippen LogP) is 2.33. The zero-order chi connectivity index (χ0) is 12.4. The Morgan fingerprint density at radius 1 is 1.53 bits per heavy atom. The van der Waals surface area contributed by atoms with Gasteiger partial charge in [0.1, 0.15) is 17.6 Å². The van der Waals surface area contributed by atoms with Crippen LogP contribution in [0.5, 0.6) is 11.5 Å². The molecule has 0 bridgehead atoms. The number of hydrogen-bond donors (Lipinski definition) is 1. The average Bonchev–Trinajstić information content (AvgIpc) is 2.63. The zero-order valence-electron chi connectivity index (χ0n) is 10.7. The Bertz CT molecular complexity index is 399. The molecule has 0 aromatic heterocycles. The van der Waals surface area contributed by atoms with Crippen LogP contribution in [0.1, 0.15) is 31.4 Å². The molecule has 1 heterocycles. The monoisotopic (exact) mass is 236 g/mol. The van der Waals surface area contributed by atoms with E-state index in [0.29, 0.717) is 0 Å². The molecule has 0 saturated heterocycles. The van der Waals surface area contributed by atoms with Crippen molar-refractivity contribution in [1.29, 1.82) is 0 Å². The number of aliphatic hydroxyl groups is 1. The number of benzene rings is 1. The molecule has 1 aliphatic heterocycles. The predicted molar refractivity (Wildman–Crippen MR) is 66.8 cm³/mol. The number of rotatable bonds is 4. The van der Waals surface area contributed by atoms with E-state index in [1.54, 1.807) is 14.0 Å². The van der Waals surface area contributed by atoms with Gasteiger partial charge in [0, 0.05) is 12.0 Å². The van der Waals surface area contributed by atoms with Crippen molar-refractivity contribution in [2.45, 2.75) is 45.3 Å². The maximum Gasteiger partial charge on any atom is 0.123 e. The van der Waals surface area contributed by atoms with Crippen molar-refractivity contribution < 1.29 is 14.6 Å². The minimum Gasteiger partial charge on any atom is -0.496 e. The molecule has 1 aromatic carbocycles. The highest BCUT2D eigenvalue weighted by molar-refractivity contribution is 5.48. The maximum absolute atomic E-state index is 9.34. The largest absolute Gasteiger partial charge is 0.496 e. The molecule has 2 atom stereocenters. The van der Waals surface area contributed by atoms with Crippen LogP contribution in [0, 0.1) is 0 Å². The summed E-state index contributed by atoms with van der Waals surface area (Å²) in [6.45, 7) is 3.88. The molecule has 2 unspecified atom stereocenters. The average molecular weight is 236 g/mol. The highest BCUT2D eigenvalue weighted by Gasteiger charge is 2.21. The Hall–Kier alpha value is -1.22. The van der Waals surface area contributed by atoms with E-state index in [4.69, 9.17) is 9.47 Å². The minimum atomic E-state index is -0.284. The van der Waals surface area contributed by atoms with Crippen LogP contribution in [0.25, 0.3) is 0 Å². The Kier molecular flexibility index (Phi) is 3.57. The highest BCUT2D eigenvalue weighted by Crippen LogP contribution is 2.35. The van der Waals surface area contributed by atoms with Gasteiger partial charge in [-0.15, -0.1) is 0 Å². The molecule has 94 valence electrons. The molecule has 0 aliphatic carbocycles. The van der Waals surface area contributed by atoms with Gasteiger partial charge in [-0.3, -0.25) is 0 Å². The molecular weight excluding hydrogens is 216 g/mol. The van der Waals surface area contributed by atoms with Gasteiger partial charge in [-0.25, -0.2) is 0 Å². The van der Waals surface area contributed by atoms with Crippen LogP contribution in [0.15, 0.2) is 12.1 Å². The summed E-state index contributed by atoms with van der Waals surface area (Å²) >= 11 is 0. The SMILES string of the molecule is COc1cc2c(cc1CCC(C)O)OC(C)C2. The molecule has 0 radical (unpaired) electrons. The first-order valence-corrected chi connectivity index (χ1v) is 6.14. The summed E-state index contributed by atoms with van der Waals surface area (Å²) in [5.41, 5.74) is 2.33. The first kappa shape index (κ1) is 12.2. The summed E-state index contributed by atoms with van der Waals surface area (Å²) in [5, 5.41) is 9.34. The molecular formula is C14H20O3. The van der Waals surface area contributed by atoms with Crippen LogP contribution in [-0.2, 0) is 12.8 Å². The first-order valence-electron chi connectivity index (χ1n) is 6.14. The van der Waals surface area contributed by atoms with E-state index in [2.05, 4.69) is 19.1 Å². The van der Waals surface area contributed by atoms with E-state index in [0.717, 1.165) is 36.3 Å². The third-order valence-electron chi connectivity index (χ3n) is 3.13. The number of aryl methyl sites for hydroxylation is 1. The van der Waals surface area contributed by atoms with Crippen LogP contribution in [0.2, 0.25) is 0 Å². The fourth-order valence-corrected chi connectivity index (χ4v) is 2.23. The normalized spacial score (nSPS) is 19.6. The highest BCUT2D eigenvalue weighted by atomic mass is 16.5. The number of fused-ring (bicyclic) bond motifs is 1. The minimum absolute atomic E-state index is 0.252. The van der Waals surface area contributed by atoms with Crippen LogP contribution < -0.4 is 9.47 Å². The van der Waals surface area contributed by atoms with Gasteiger partial charge < -0.3 is 14.6 Å². The third-order valence-corrected chi connectivity index (χ3v) is 3.13. The Labute approximate surface area is 102 Å². The van der Waals surface area contributed by atoms with Crippen molar-refractivity contribution in [2.75, 3.05) is 7.11 Å². The second-order valence-corrected chi connectivity index (χ2v) is 4.79. The summed E-state index contributed by atoms with van der Waals surface area (Å²) in [6.07, 6.45) is 2.47. The summed E-state index contributed by atoms with van der Waals surface area (Å²) in [5.74, 6) is 1.88. The Morgan fingerprint density at radius 2 is 2.29 bits per heavy atom. The van der Waals surface area contributed by atoms with E-state index in [1.807, 2.05) is 0 Å². The number of methoxy groups -OCH3 is 1. The lowest BCUT2D eigenvalue weighted by atomic mass is 10.0. The molecule has 0 spiro atoms. The lowest BCUT2D eigenvalue weighted by Gasteiger charge is -2.11. The smallest absolute Gasteiger partial charge is 0.123 e. The quantitative estimate of drug-likeness (QED) is 0.872. The Balaban J connectivity index is 2.23. The van der Waals surface area contributed by atoms with Crippen molar-refractivity contribution in [3.05, 3.63) is 23.3 Å². The third kappa shape index (κ3) is 2.72. The van der Waals surface area contributed by atoms with Gasteiger partial charge in [0.2, 0.25) is 0 Å². The standard InChI is InChI=1S/C14H20O3/c1-9(15)4-5-11-7-14-12(6-10(2)17-14)8-13(11)16-3/h7-10,15H,4-6H2,1-3H3. The van der Waals surface area contributed by atoms with Gasteiger partial charge in [0.25, 0.3) is 0 Å². The second kappa shape index (κ2) is 4.96. The van der Waals surface area contributed by atoms with Crippen molar-refractivity contribution in [3.8, 4) is 11.5 Å². The van der Waals surface area contributed by atoms with Crippen LogP contribution in [0.3, 0.4) is 0 Å². The second-order valence-electron chi connectivity index (χ2n) is 4.79. The van der Waals surface area contributed by atoms with E-state index >= 15 is 0 Å². The maximum atomic E-state index is 9.34. The van der Waals surface area contributed by atoms with E-state index in [-0.39, 0.29) is 12.2 Å². The lowest BCUT2D eigenvalue weighted by molar-refractivity contribution is 0.184. The molecule has 3 heteroatoms.